The van der Waals surface area contributed by atoms with Crippen LogP contribution in [0.2, 0.25) is 5.15 Å². The van der Waals surface area contributed by atoms with E-state index in [9.17, 15) is 9.18 Å². The van der Waals surface area contributed by atoms with Crippen LogP contribution in [0.5, 0.6) is 0 Å². The average Bonchev–Trinajstić information content (AvgIpc) is 3.22. The quantitative estimate of drug-likeness (QED) is 0.459. The van der Waals surface area contributed by atoms with E-state index in [1.165, 1.54) is 33.7 Å². The lowest BCUT2D eigenvalue weighted by atomic mass is 10.2. The lowest BCUT2D eigenvalue weighted by Gasteiger charge is -2.04. The fourth-order valence-electron chi connectivity index (χ4n) is 3.08. The molecule has 0 aliphatic heterocycles. The van der Waals surface area contributed by atoms with E-state index in [4.69, 9.17) is 11.6 Å². The number of anilines is 1. The first-order valence-corrected chi connectivity index (χ1v) is 10.3. The summed E-state index contributed by atoms with van der Waals surface area (Å²) in [7, 11) is 0. The smallest absolute Gasteiger partial charge is 0.262 e. The molecule has 4 rings (SSSR count). The van der Waals surface area contributed by atoms with Crippen molar-refractivity contribution in [3.05, 3.63) is 75.8 Å². The van der Waals surface area contributed by atoms with Gasteiger partial charge in [0.05, 0.1) is 28.0 Å². The number of aromatic nitrogens is 3. The summed E-state index contributed by atoms with van der Waals surface area (Å²) in [4.78, 5) is 17.3. The molecule has 8 heteroatoms. The average molecular weight is 429 g/mol. The topological polar surface area (TPSA) is 59.8 Å². The molecule has 0 bridgehead atoms. The predicted molar refractivity (Wildman–Crippen MR) is 114 cm³/mol. The fraction of sp³-hybridized carbons (Fsp3) is 0.190. The van der Waals surface area contributed by atoms with Crippen molar-refractivity contribution in [1.82, 2.24) is 14.8 Å². The zero-order valence-electron chi connectivity index (χ0n) is 15.9. The number of hydrogen-bond acceptors (Lipinski definition) is 4. The van der Waals surface area contributed by atoms with Crippen LogP contribution in [0.3, 0.4) is 0 Å². The minimum atomic E-state index is -0.354. The number of aryl methyl sites for hydroxylation is 2. The Labute approximate surface area is 176 Å². The van der Waals surface area contributed by atoms with Gasteiger partial charge in [-0.05, 0) is 48.7 Å². The molecule has 29 heavy (non-hydrogen) atoms. The number of nitrogens with zero attached hydrogens (tertiary/aromatic N) is 3. The van der Waals surface area contributed by atoms with Gasteiger partial charge in [0, 0.05) is 0 Å². The summed E-state index contributed by atoms with van der Waals surface area (Å²) < 4.78 is 15.7. The number of rotatable bonds is 5. The Balaban J connectivity index is 1.57. The molecule has 0 fully saturated rings. The maximum atomic E-state index is 13.1. The Morgan fingerprint density at radius 3 is 2.66 bits per heavy atom. The first-order chi connectivity index (χ1) is 13.9. The van der Waals surface area contributed by atoms with E-state index in [-0.39, 0.29) is 16.9 Å². The molecule has 4 aromatic rings. The summed E-state index contributed by atoms with van der Waals surface area (Å²) >= 11 is 7.86. The van der Waals surface area contributed by atoms with Crippen LogP contribution in [0.4, 0.5) is 9.52 Å². The second-order valence-electron chi connectivity index (χ2n) is 6.66. The first-order valence-electron chi connectivity index (χ1n) is 9.12. The van der Waals surface area contributed by atoms with Gasteiger partial charge in [0.2, 0.25) is 0 Å². The Hall–Kier alpha value is -2.77. The SMILES string of the molecule is CCc1ccc2nc(NC(=O)c3c(C)nn(Cc4ccc(F)cc4)c3Cl)sc2c1. The first kappa shape index (κ1) is 19.5. The van der Waals surface area contributed by atoms with Crippen molar-refractivity contribution >= 4 is 44.2 Å². The van der Waals surface area contributed by atoms with Crippen molar-refractivity contribution in [3.8, 4) is 0 Å². The summed E-state index contributed by atoms with van der Waals surface area (Å²) in [5.74, 6) is -0.661. The number of hydrogen-bond donors (Lipinski definition) is 1. The van der Waals surface area contributed by atoms with Gasteiger partial charge in [0.1, 0.15) is 11.0 Å². The van der Waals surface area contributed by atoms with E-state index in [1.807, 2.05) is 12.1 Å². The second kappa shape index (κ2) is 7.93. The largest absolute Gasteiger partial charge is 0.298 e. The van der Waals surface area contributed by atoms with Crippen LogP contribution in [0.1, 0.15) is 34.1 Å². The molecule has 0 saturated carbocycles. The van der Waals surface area contributed by atoms with Gasteiger partial charge in [0.25, 0.3) is 5.91 Å². The Morgan fingerprint density at radius 1 is 1.21 bits per heavy atom. The predicted octanol–water partition coefficient (Wildman–Crippen LogP) is 5.46. The molecule has 148 valence electrons. The van der Waals surface area contributed by atoms with Crippen LogP contribution in [-0.4, -0.2) is 20.7 Å². The third-order valence-corrected chi connectivity index (χ3v) is 5.94. The summed E-state index contributed by atoms with van der Waals surface area (Å²) in [6.45, 7) is 4.17. The summed E-state index contributed by atoms with van der Waals surface area (Å²) in [5.41, 5.74) is 3.73. The summed E-state index contributed by atoms with van der Waals surface area (Å²) in [6, 6.07) is 12.2. The van der Waals surface area contributed by atoms with E-state index >= 15 is 0 Å². The molecular weight excluding hydrogens is 411 g/mol. The maximum Gasteiger partial charge on any atom is 0.262 e. The molecule has 2 heterocycles. The molecule has 0 aliphatic rings. The van der Waals surface area contributed by atoms with Gasteiger partial charge in [-0.1, -0.05) is 48.1 Å². The minimum Gasteiger partial charge on any atom is -0.298 e. The van der Waals surface area contributed by atoms with Gasteiger partial charge in [0.15, 0.2) is 5.13 Å². The van der Waals surface area contributed by atoms with E-state index in [0.717, 1.165) is 22.2 Å². The van der Waals surface area contributed by atoms with Crippen molar-refractivity contribution in [2.45, 2.75) is 26.8 Å². The minimum absolute atomic E-state index is 0.235. The molecule has 0 aliphatic carbocycles. The third kappa shape index (κ3) is 4.02. The fourth-order valence-corrected chi connectivity index (χ4v) is 4.33. The van der Waals surface area contributed by atoms with Crippen LogP contribution in [-0.2, 0) is 13.0 Å². The van der Waals surface area contributed by atoms with Crippen LogP contribution in [0.15, 0.2) is 42.5 Å². The monoisotopic (exact) mass is 428 g/mol. The van der Waals surface area contributed by atoms with Crippen LogP contribution < -0.4 is 5.32 Å². The molecule has 2 aromatic heterocycles. The van der Waals surface area contributed by atoms with Gasteiger partial charge < -0.3 is 0 Å². The molecule has 0 spiro atoms. The van der Waals surface area contributed by atoms with E-state index in [0.29, 0.717) is 22.9 Å². The van der Waals surface area contributed by atoms with E-state index < -0.39 is 0 Å². The van der Waals surface area contributed by atoms with E-state index in [2.05, 4.69) is 28.4 Å². The van der Waals surface area contributed by atoms with Crippen molar-refractivity contribution in [2.75, 3.05) is 5.32 Å². The number of carbonyl (C=O) groups is 1. The van der Waals surface area contributed by atoms with Gasteiger partial charge >= 0.3 is 0 Å². The standard InChI is InChI=1S/C21H18ClFN4OS/c1-3-13-6-9-16-17(10-13)29-21(24-16)25-20(28)18-12(2)26-27(19(18)22)11-14-4-7-15(23)8-5-14/h4-10H,3,11H2,1-2H3,(H,24,25,28). The van der Waals surface area contributed by atoms with Crippen LogP contribution >= 0.6 is 22.9 Å². The second-order valence-corrected chi connectivity index (χ2v) is 8.05. The number of fused-ring (bicyclic) bond motifs is 1. The highest BCUT2D eigenvalue weighted by Gasteiger charge is 2.21. The number of carbonyl (C=O) groups excluding carboxylic acids is 1. The molecule has 1 N–H and O–H groups in total. The molecular formula is C21H18ClFN4OS. The molecule has 0 unspecified atom stereocenters. The molecule has 0 saturated heterocycles. The molecule has 2 aromatic carbocycles. The van der Waals surface area contributed by atoms with E-state index in [1.54, 1.807) is 19.1 Å². The van der Waals surface area contributed by atoms with Crippen molar-refractivity contribution in [2.24, 2.45) is 0 Å². The van der Waals surface area contributed by atoms with Gasteiger partial charge in [-0.2, -0.15) is 5.10 Å². The zero-order chi connectivity index (χ0) is 20.5. The number of halogens is 2. The van der Waals surface area contributed by atoms with Gasteiger partial charge in [-0.25, -0.2) is 14.1 Å². The van der Waals surface area contributed by atoms with Gasteiger partial charge in [-0.3, -0.25) is 10.1 Å². The number of thiazole rings is 1. The third-order valence-electron chi connectivity index (χ3n) is 4.62. The lowest BCUT2D eigenvalue weighted by molar-refractivity contribution is 0.102. The van der Waals surface area contributed by atoms with Crippen LogP contribution in [0, 0.1) is 12.7 Å². The summed E-state index contributed by atoms with van der Waals surface area (Å²) in [5, 5.41) is 7.95. The molecule has 0 atom stereocenters. The Bertz CT molecular complexity index is 1200. The maximum absolute atomic E-state index is 13.1. The Morgan fingerprint density at radius 2 is 1.93 bits per heavy atom. The van der Waals surface area contributed by atoms with Crippen molar-refractivity contribution in [1.29, 1.82) is 0 Å². The highest BCUT2D eigenvalue weighted by atomic mass is 35.5. The highest BCUT2D eigenvalue weighted by molar-refractivity contribution is 7.22. The highest BCUT2D eigenvalue weighted by Crippen LogP contribution is 2.28. The molecule has 5 nitrogen and oxygen atoms in total. The molecule has 0 radical (unpaired) electrons. The normalized spacial score (nSPS) is 11.2. The van der Waals surface area contributed by atoms with Crippen LogP contribution in [0.25, 0.3) is 10.2 Å². The van der Waals surface area contributed by atoms with Gasteiger partial charge in [-0.15, -0.1) is 0 Å². The number of nitrogens with one attached hydrogen (secondary N) is 1. The zero-order valence-corrected chi connectivity index (χ0v) is 17.4. The van der Waals surface area contributed by atoms with Crippen molar-refractivity contribution < 1.29 is 9.18 Å². The number of benzene rings is 2. The van der Waals surface area contributed by atoms with Crippen molar-refractivity contribution in [3.63, 3.8) is 0 Å². The Kier molecular flexibility index (Phi) is 5.34. The molecule has 1 amide bonds. The lowest BCUT2D eigenvalue weighted by Crippen LogP contribution is -2.13. The summed E-state index contributed by atoms with van der Waals surface area (Å²) in [6.07, 6.45) is 0.942. The number of amides is 1.